The molecule has 1 aliphatic rings. The molecule has 6 nitrogen and oxygen atoms in total. The Labute approximate surface area is 144 Å². The van der Waals surface area contributed by atoms with Gasteiger partial charge in [0, 0.05) is 25.7 Å². The second kappa shape index (κ2) is 8.09. The van der Waals surface area contributed by atoms with Gasteiger partial charge in [-0.25, -0.2) is 8.42 Å². The molecule has 2 rings (SSSR count). The minimum Gasteiger partial charge on any atom is -0.341 e. The fraction of sp³-hybridized carbons (Fsp3) is 0.588. The lowest BCUT2D eigenvalue weighted by Crippen LogP contribution is -2.52. The molecule has 1 amide bonds. The molecule has 1 aliphatic heterocycles. The van der Waals surface area contributed by atoms with Gasteiger partial charge in [-0.2, -0.15) is 4.31 Å². The van der Waals surface area contributed by atoms with E-state index >= 15 is 0 Å². The van der Waals surface area contributed by atoms with Crippen molar-refractivity contribution in [1.82, 2.24) is 9.21 Å². The van der Waals surface area contributed by atoms with Gasteiger partial charge >= 0.3 is 0 Å². The summed E-state index contributed by atoms with van der Waals surface area (Å²) in [7, 11) is -3.20. The van der Waals surface area contributed by atoms with E-state index in [1.807, 2.05) is 37.3 Å². The summed E-state index contributed by atoms with van der Waals surface area (Å²) in [5.74, 6) is -0.0558. The van der Waals surface area contributed by atoms with Gasteiger partial charge in [0.2, 0.25) is 15.9 Å². The number of hydrogen-bond donors (Lipinski definition) is 1. The van der Waals surface area contributed by atoms with Crippen LogP contribution in [0.2, 0.25) is 0 Å². The van der Waals surface area contributed by atoms with Crippen LogP contribution in [-0.2, 0) is 21.2 Å². The number of likely N-dealkylation sites (tertiary alicyclic amines) is 1. The molecule has 1 fully saturated rings. The zero-order valence-corrected chi connectivity index (χ0v) is 15.2. The molecule has 134 valence electrons. The van der Waals surface area contributed by atoms with Crippen LogP contribution in [0.4, 0.5) is 0 Å². The quantitative estimate of drug-likeness (QED) is 0.821. The minimum absolute atomic E-state index is 0.0283. The number of carbonyl (C=O) groups is 1. The van der Waals surface area contributed by atoms with Gasteiger partial charge in [0.25, 0.3) is 0 Å². The van der Waals surface area contributed by atoms with Crippen LogP contribution in [0.15, 0.2) is 30.3 Å². The van der Waals surface area contributed by atoms with Gasteiger partial charge < -0.3 is 10.6 Å². The molecule has 7 heteroatoms. The van der Waals surface area contributed by atoms with Crippen molar-refractivity contribution in [3.63, 3.8) is 0 Å². The average Bonchev–Trinajstić information content (AvgIpc) is 2.55. The number of amides is 1. The smallest absolute Gasteiger partial charge is 0.239 e. The second-order valence-electron chi connectivity index (χ2n) is 6.32. The van der Waals surface area contributed by atoms with E-state index in [2.05, 4.69) is 0 Å². The number of sulfonamides is 1. The molecule has 0 aliphatic carbocycles. The molecule has 1 atom stereocenters. The van der Waals surface area contributed by atoms with Gasteiger partial charge in [-0.1, -0.05) is 37.3 Å². The predicted octanol–water partition coefficient (Wildman–Crippen LogP) is 0.829. The van der Waals surface area contributed by atoms with Crippen LogP contribution in [0.1, 0.15) is 25.3 Å². The van der Waals surface area contributed by atoms with E-state index in [-0.39, 0.29) is 11.9 Å². The fourth-order valence-corrected chi connectivity index (χ4v) is 4.55. The molecule has 1 saturated heterocycles. The largest absolute Gasteiger partial charge is 0.341 e. The van der Waals surface area contributed by atoms with Crippen molar-refractivity contribution in [2.24, 2.45) is 5.73 Å². The molecule has 24 heavy (non-hydrogen) atoms. The topological polar surface area (TPSA) is 83.7 Å². The van der Waals surface area contributed by atoms with Crippen molar-refractivity contribution in [2.45, 2.75) is 38.3 Å². The molecule has 0 saturated carbocycles. The SMILES string of the molecule is CCN(C1CCN(C(=O)[C@@H](N)Cc2ccccc2)CC1)S(C)(=O)=O. The lowest BCUT2D eigenvalue weighted by atomic mass is 10.0. The summed E-state index contributed by atoms with van der Waals surface area (Å²) >= 11 is 0. The van der Waals surface area contributed by atoms with Crippen molar-refractivity contribution in [1.29, 1.82) is 0 Å². The third kappa shape index (κ3) is 4.78. The molecule has 0 aromatic heterocycles. The molecule has 0 radical (unpaired) electrons. The maximum atomic E-state index is 12.5. The van der Waals surface area contributed by atoms with E-state index in [9.17, 15) is 13.2 Å². The van der Waals surface area contributed by atoms with Crippen LogP contribution in [0, 0.1) is 0 Å². The van der Waals surface area contributed by atoms with Crippen LogP contribution in [0.25, 0.3) is 0 Å². The first kappa shape index (κ1) is 18.9. The Morgan fingerprint density at radius 1 is 1.29 bits per heavy atom. The average molecular weight is 353 g/mol. The van der Waals surface area contributed by atoms with Crippen molar-refractivity contribution in [3.05, 3.63) is 35.9 Å². The molecule has 1 aromatic rings. The Balaban J connectivity index is 1.90. The maximum Gasteiger partial charge on any atom is 0.239 e. The second-order valence-corrected chi connectivity index (χ2v) is 8.25. The molecular formula is C17H27N3O3S. The third-order valence-electron chi connectivity index (χ3n) is 4.54. The van der Waals surface area contributed by atoms with Gasteiger partial charge in [-0.15, -0.1) is 0 Å². The highest BCUT2D eigenvalue weighted by Gasteiger charge is 2.31. The van der Waals surface area contributed by atoms with E-state index < -0.39 is 16.1 Å². The first-order chi connectivity index (χ1) is 11.3. The van der Waals surface area contributed by atoms with Crippen molar-refractivity contribution >= 4 is 15.9 Å². The number of rotatable bonds is 6. The zero-order valence-electron chi connectivity index (χ0n) is 14.4. The summed E-state index contributed by atoms with van der Waals surface area (Å²) in [5.41, 5.74) is 7.12. The molecule has 1 heterocycles. The van der Waals surface area contributed by atoms with E-state index in [1.54, 1.807) is 4.90 Å². The standard InChI is InChI=1S/C17H27N3O3S/c1-3-20(24(2,22)23)15-9-11-19(12-10-15)17(21)16(18)13-14-7-5-4-6-8-14/h4-8,15-16H,3,9-13,18H2,1-2H3/t16-/m0/s1. The fourth-order valence-electron chi connectivity index (χ4n) is 3.33. The molecule has 0 bridgehead atoms. The Kier molecular flexibility index (Phi) is 6.37. The summed E-state index contributed by atoms with van der Waals surface area (Å²) in [4.78, 5) is 14.3. The lowest BCUT2D eigenvalue weighted by molar-refractivity contribution is -0.133. The Bertz CT molecular complexity index is 640. The molecule has 0 spiro atoms. The van der Waals surface area contributed by atoms with Gasteiger partial charge in [0.15, 0.2) is 0 Å². The first-order valence-corrected chi connectivity index (χ1v) is 10.2. The van der Waals surface area contributed by atoms with E-state index in [4.69, 9.17) is 5.73 Å². The molecular weight excluding hydrogens is 326 g/mol. The van der Waals surface area contributed by atoms with E-state index in [0.29, 0.717) is 38.9 Å². The Hall–Kier alpha value is -1.44. The highest BCUT2D eigenvalue weighted by Crippen LogP contribution is 2.19. The van der Waals surface area contributed by atoms with Crippen LogP contribution < -0.4 is 5.73 Å². The minimum atomic E-state index is -3.20. The molecule has 0 unspecified atom stereocenters. The summed E-state index contributed by atoms with van der Waals surface area (Å²) in [6, 6.07) is 9.14. The van der Waals surface area contributed by atoms with Gasteiger partial charge in [-0.05, 0) is 24.8 Å². The number of nitrogens with zero attached hydrogens (tertiary/aromatic N) is 2. The Morgan fingerprint density at radius 3 is 2.38 bits per heavy atom. The lowest BCUT2D eigenvalue weighted by Gasteiger charge is -2.37. The predicted molar refractivity (Wildman–Crippen MR) is 94.9 cm³/mol. The van der Waals surface area contributed by atoms with E-state index in [0.717, 1.165) is 5.56 Å². The van der Waals surface area contributed by atoms with Crippen molar-refractivity contribution in [2.75, 3.05) is 25.9 Å². The number of carbonyl (C=O) groups excluding carboxylic acids is 1. The Morgan fingerprint density at radius 2 is 1.88 bits per heavy atom. The monoisotopic (exact) mass is 353 g/mol. The van der Waals surface area contributed by atoms with Crippen LogP contribution in [-0.4, -0.2) is 61.5 Å². The third-order valence-corrected chi connectivity index (χ3v) is 5.95. The van der Waals surface area contributed by atoms with Crippen molar-refractivity contribution in [3.8, 4) is 0 Å². The maximum absolute atomic E-state index is 12.5. The van der Waals surface area contributed by atoms with Crippen LogP contribution in [0.3, 0.4) is 0 Å². The summed E-state index contributed by atoms with van der Waals surface area (Å²) < 4.78 is 25.2. The highest BCUT2D eigenvalue weighted by molar-refractivity contribution is 7.88. The van der Waals surface area contributed by atoms with Gasteiger partial charge in [0.05, 0.1) is 12.3 Å². The molecule has 2 N–H and O–H groups in total. The summed E-state index contributed by atoms with van der Waals surface area (Å²) in [6.45, 7) is 3.41. The highest BCUT2D eigenvalue weighted by atomic mass is 32.2. The first-order valence-electron chi connectivity index (χ1n) is 8.38. The van der Waals surface area contributed by atoms with Gasteiger partial charge in [0.1, 0.15) is 0 Å². The number of piperidine rings is 1. The number of nitrogens with two attached hydrogens (primary N) is 1. The van der Waals surface area contributed by atoms with E-state index in [1.165, 1.54) is 10.6 Å². The summed E-state index contributed by atoms with van der Waals surface area (Å²) in [6.07, 6.45) is 3.07. The summed E-state index contributed by atoms with van der Waals surface area (Å²) in [5, 5.41) is 0. The normalized spacial score (nSPS) is 17.9. The molecule has 1 aromatic carbocycles. The van der Waals surface area contributed by atoms with Gasteiger partial charge in [-0.3, -0.25) is 4.79 Å². The van der Waals surface area contributed by atoms with Crippen LogP contribution in [0.5, 0.6) is 0 Å². The number of hydrogen-bond acceptors (Lipinski definition) is 4. The zero-order chi connectivity index (χ0) is 17.7. The number of benzene rings is 1. The van der Waals surface area contributed by atoms with Crippen LogP contribution >= 0.6 is 0 Å². The van der Waals surface area contributed by atoms with Crippen molar-refractivity contribution < 1.29 is 13.2 Å².